The van der Waals surface area contributed by atoms with Crippen LogP contribution in [0.3, 0.4) is 0 Å². The summed E-state index contributed by atoms with van der Waals surface area (Å²) < 4.78 is 24.4. The molecule has 1 amide bonds. The maximum atomic E-state index is 13.5. The van der Waals surface area contributed by atoms with Crippen molar-refractivity contribution in [2.45, 2.75) is 25.9 Å². The summed E-state index contributed by atoms with van der Waals surface area (Å²) in [5.74, 6) is 0.253. The molecule has 2 aromatic carbocycles. The van der Waals surface area contributed by atoms with Gasteiger partial charge in [-0.2, -0.15) is 0 Å². The first-order valence-corrected chi connectivity index (χ1v) is 9.37. The van der Waals surface area contributed by atoms with Crippen LogP contribution in [0, 0.1) is 5.82 Å². The molecule has 2 aromatic rings. The second kappa shape index (κ2) is 9.85. The Labute approximate surface area is 163 Å². The van der Waals surface area contributed by atoms with Crippen molar-refractivity contribution in [3.05, 3.63) is 59.9 Å². The van der Waals surface area contributed by atoms with Gasteiger partial charge in [0, 0.05) is 17.9 Å². The van der Waals surface area contributed by atoms with Gasteiger partial charge in [0.1, 0.15) is 11.6 Å². The molecule has 1 atom stereocenters. The van der Waals surface area contributed by atoms with E-state index in [4.69, 9.17) is 9.47 Å². The summed E-state index contributed by atoms with van der Waals surface area (Å²) in [6, 6.07) is 12.8. The largest absolute Gasteiger partial charge is 0.494 e. The normalized spacial score (nSPS) is 16.6. The van der Waals surface area contributed by atoms with E-state index >= 15 is 0 Å². The van der Waals surface area contributed by atoms with Crippen molar-refractivity contribution in [2.24, 2.45) is 4.99 Å². The lowest BCUT2D eigenvalue weighted by molar-refractivity contribution is 0.0975. The number of nitrogens with one attached hydrogen (secondary N) is 2. The van der Waals surface area contributed by atoms with E-state index in [9.17, 15) is 9.18 Å². The van der Waals surface area contributed by atoms with Crippen molar-refractivity contribution in [2.75, 3.05) is 25.1 Å². The Kier molecular flexibility index (Phi) is 6.97. The number of halogens is 1. The van der Waals surface area contributed by atoms with Crippen LogP contribution in [-0.4, -0.2) is 37.7 Å². The van der Waals surface area contributed by atoms with Crippen molar-refractivity contribution in [3.63, 3.8) is 0 Å². The van der Waals surface area contributed by atoms with Crippen molar-refractivity contribution in [1.29, 1.82) is 0 Å². The van der Waals surface area contributed by atoms with Crippen molar-refractivity contribution >= 4 is 17.6 Å². The molecule has 1 aliphatic rings. The third kappa shape index (κ3) is 5.79. The zero-order chi connectivity index (χ0) is 19.8. The second-order valence-corrected chi connectivity index (χ2v) is 6.37. The Morgan fingerprint density at radius 1 is 1.29 bits per heavy atom. The third-order valence-corrected chi connectivity index (χ3v) is 4.22. The lowest BCUT2D eigenvalue weighted by Crippen LogP contribution is -2.36. The second-order valence-electron chi connectivity index (χ2n) is 6.37. The van der Waals surface area contributed by atoms with Crippen molar-refractivity contribution in [3.8, 4) is 5.75 Å². The average molecular weight is 385 g/mol. The first kappa shape index (κ1) is 19.8. The first-order chi connectivity index (χ1) is 13.6. The van der Waals surface area contributed by atoms with Gasteiger partial charge in [-0.05, 0) is 62.2 Å². The van der Waals surface area contributed by atoms with Crippen molar-refractivity contribution < 1.29 is 18.7 Å². The van der Waals surface area contributed by atoms with Crippen LogP contribution in [-0.2, 0) is 4.74 Å². The third-order valence-electron chi connectivity index (χ3n) is 4.22. The molecule has 1 fully saturated rings. The predicted molar refractivity (Wildman–Crippen MR) is 106 cm³/mol. The Morgan fingerprint density at radius 3 is 2.79 bits per heavy atom. The molecule has 2 N–H and O–H groups in total. The fourth-order valence-corrected chi connectivity index (χ4v) is 2.84. The summed E-state index contributed by atoms with van der Waals surface area (Å²) in [4.78, 5) is 17.0. The van der Waals surface area contributed by atoms with E-state index in [2.05, 4.69) is 15.6 Å². The molecule has 1 saturated heterocycles. The summed E-state index contributed by atoms with van der Waals surface area (Å²) >= 11 is 0. The molecule has 1 aliphatic heterocycles. The maximum Gasteiger partial charge on any atom is 0.257 e. The monoisotopic (exact) mass is 385 g/mol. The summed E-state index contributed by atoms with van der Waals surface area (Å²) in [5, 5.41) is 5.73. The van der Waals surface area contributed by atoms with Crippen LogP contribution < -0.4 is 15.4 Å². The number of amides is 1. The highest BCUT2D eigenvalue weighted by Crippen LogP contribution is 2.14. The molecule has 0 aliphatic carbocycles. The van der Waals surface area contributed by atoms with E-state index in [0.717, 1.165) is 19.4 Å². The Morgan fingerprint density at radius 2 is 2.11 bits per heavy atom. The standard InChI is InChI=1S/C21H24FN3O3/c1-2-27-18-10-8-15(9-11-18)20(26)25-21(23-14-19-7-4-12-28-19)24-17-6-3-5-16(22)13-17/h3,5-6,8-11,13,19H,2,4,7,12,14H2,1H3,(H2,23,24,25,26)/t19-/m1/s1. The van der Waals surface area contributed by atoms with Crippen LogP contribution in [0.4, 0.5) is 10.1 Å². The van der Waals surface area contributed by atoms with Crippen LogP contribution in [0.2, 0.25) is 0 Å². The van der Waals surface area contributed by atoms with Crippen LogP contribution in [0.25, 0.3) is 0 Å². The molecule has 7 heteroatoms. The topological polar surface area (TPSA) is 72.0 Å². The number of carbonyl (C=O) groups excluding carboxylic acids is 1. The van der Waals surface area contributed by atoms with Gasteiger partial charge in [0.15, 0.2) is 0 Å². The number of hydrogen-bond donors (Lipinski definition) is 2. The lowest BCUT2D eigenvalue weighted by Gasteiger charge is -2.13. The highest BCUT2D eigenvalue weighted by molar-refractivity contribution is 6.10. The van der Waals surface area contributed by atoms with E-state index < -0.39 is 0 Å². The maximum absolute atomic E-state index is 13.5. The zero-order valence-corrected chi connectivity index (χ0v) is 15.8. The minimum absolute atomic E-state index is 0.0340. The molecule has 0 spiro atoms. The highest BCUT2D eigenvalue weighted by atomic mass is 19.1. The molecule has 3 rings (SSSR count). The number of rotatable bonds is 6. The van der Waals surface area contributed by atoms with E-state index in [0.29, 0.717) is 30.2 Å². The number of ether oxygens (including phenoxy) is 2. The van der Waals surface area contributed by atoms with Gasteiger partial charge >= 0.3 is 0 Å². The van der Waals surface area contributed by atoms with Crippen LogP contribution >= 0.6 is 0 Å². The smallest absolute Gasteiger partial charge is 0.257 e. The van der Waals surface area contributed by atoms with Crippen LogP contribution in [0.15, 0.2) is 53.5 Å². The van der Waals surface area contributed by atoms with E-state index in [1.807, 2.05) is 6.92 Å². The molecular weight excluding hydrogens is 361 g/mol. The molecule has 0 bridgehead atoms. The average Bonchev–Trinajstić information content (AvgIpc) is 3.20. The summed E-state index contributed by atoms with van der Waals surface area (Å²) in [5.41, 5.74) is 0.965. The molecule has 6 nitrogen and oxygen atoms in total. The molecule has 148 valence electrons. The number of anilines is 1. The number of aliphatic imine (C=N–C) groups is 1. The van der Waals surface area contributed by atoms with Crippen LogP contribution in [0.1, 0.15) is 30.1 Å². The van der Waals surface area contributed by atoms with Gasteiger partial charge in [0.25, 0.3) is 5.91 Å². The van der Waals surface area contributed by atoms with Crippen molar-refractivity contribution in [1.82, 2.24) is 5.32 Å². The van der Waals surface area contributed by atoms with Gasteiger partial charge in [-0.3, -0.25) is 10.1 Å². The fourth-order valence-electron chi connectivity index (χ4n) is 2.84. The lowest BCUT2D eigenvalue weighted by atomic mass is 10.2. The van der Waals surface area contributed by atoms with Gasteiger partial charge in [-0.25, -0.2) is 9.38 Å². The van der Waals surface area contributed by atoms with E-state index in [-0.39, 0.29) is 23.8 Å². The zero-order valence-electron chi connectivity index (χ0n) is 15.8. The van der Waals surface area contributed by atoms with Crippen LogP contribution in [0.5, 0.6) is 5.75 Å². The highest BCUT2D eigenvalue weighted by Gasteiger charge is 2.16. The van der Waals surface area contributed by atoms with Gasteiger partial charge in [0.2, 0.25) is 5.96 Å². The van der Waals surface area contributed by atoms with Gasteiger partial charge in [-0.1, -0.05) is 6.07 Å². The summed E-state index contributed by atoms with van der Waals surface area (Å²) in [7, 11) is 0. The number of carbonyl (C=O) groups is 1. The van der Waals surface area contributed by atoms with E-state index in [1.54, 1.807) is 36.4 Å². The van der Waals surface area contributed by atoms with Gasteiger partial charge in [-0.15, -0.1) is 0 Å². The Bertz CT molecular complexity index is 818. The number of hydrogen-bond acceptors (Lipinski definition) is 4. The summed E-state index contributed by atoms with van der Waals surface area (Å²) in [6.45, 7) is 3.60. The molecule has 0 saturated carbocycles. The molecule has 28 heavy (non-hydrogen) atoms. The number of benzene rings is 2. The first-order valence-electron chi connectivity index (χ1n) is 9.37. The molecular formula is C21H24FN3O3. The quantitative estimate of drug-likeness (QED) is 0.589. The van der Waals surface area contributed by atoms with Gasteiger partial charge < -0.3 is 14.8 Å². The minimum atomic E-state index is -0.374. The molecule has 0 radical (unpaired) electrons. The Balaban J connectivity index is 1.71. The Hall–Kier alpha value is -2.93. The molecule has 1 heterocycles. The van der Waals surface area contributed by atoms with Gasteiger partial charge in [0.05, 0.1) is 19.3 Å². The predicted octanol–water partition coefficient (Wildman–Crippen LogP) is 3.60. The van der Waals surface area contributed by atoms with E-state index in [1.165, 1.54) is 12.1 Å². The SMILES string of the molecule is CCOc1ccc(C(=O)NC(=NC[C@H]2CCCO2)Nc2cccc(F)c2)cc1. The summed E-state index contributed by atoms with van der Waals surface area (Å²) in [6.07, 6.45) is 1.97. The fraction of sp³-hybridized carbons (Fsp3) is 0.333. The minimum Gasteiger partial charge on any atom is -0.494 e. The number of guanidine groups is 1. The number of nitrogens with zero attached hydrogens (tertiary/aromatic N) is 1. The molecule has 0 aromatic heterocycles. The molecule has 0 unspecified atom stereocenters.